The van der Waals surface area contributed by atoms with E-state index in [0.29, 0.717) is 0 Å². The summed E-state index contributed by atoms with van der Waals surface area (Å²) >= 11 is 0. The van der Waals surface area contributed by atoms with Crippen LogP contribution in [0.4, 0.5) is 0 Å². The fourth-order valence-corrected chi connectivity index (χ4v) is 55.7. The van der Waals surface area contributed by atoms with Crippen LogP contribution >= 0.6 is 0 Å². The van der Waals surface area contributed by atoms with Crippen LogP contribution in [0.5, 0.6) is 0 Å². The van der Waals surface area contributed by atoms with E-state index in [0.717, 1.165) is 33.2 Å². The number of hydrogen-bond donors (Lipinski definition) is 0. The molecule has 9 heteroatoms. The van der Waals surface area contributed by atoms with Gasteiger partial charge in [0.05, 0.1) is 0 Å². The summed E-state index contributed by atoms with van der Waals surface area (Å²) in [4.78, 5) is 0. The quantitative estimate of drug-likeness (QED) is 0.128. The van der Waals surface area contributed by atoms with Gasteiger partial charge in [-0.3, -0.25) is 0 Å². The molecule has 57 heavy (non-hydrogen) atoms. The lowest BCUT2D eigenvalue weighted by Gasteiger charge is -2.55. The first-order valence-corrected chi connectivity index (χ1v) is 43.0. The van der Waals surface area contributed by atoms with E-state index < -0.39 is 49.9 Å². The highest BCUT2D eigenvalue weighted by molar-refractivity contribution is 6.91. The lowest BCUT2D eigenvalue weighted by atomic mass is 9.98. The maximum absolute atomic E-state index is 8.31. The topological polar surface area (TPSA) is 27.7 Å². The molecule has 0 unspecified atom stereocenters. The molecule has 6 fully saturated rings. The van der Waals surface area contributed by atoms with Gasteiger partial charge in [-0.1, -0.05) is 193 Å². The molecule has 0 N–H and O–H groups in total. The van der Waals surface area contributed by atoms with Gasteiger partial charge in [0.25, 0.3) is 0 Å². The average molecular weight is 892 g/mol. The highest BCUT2D eigenvalue weighted by Crippen LogP contribution is 2.60. The van der Waals surface area contributed by atoms with Gasteiger partial charge in [0.1, 0.15) is 0 Å². The van der Waals surface area contributed by atoms with Gasteiger partial charge in [-0.2, -0.15) is 0 Å². The summed E-state index contributed by atoms with van der Waals surface area (Å²) in [5.41, 5.74) is 5.68. The summed E-state index contributed by atoms with van der Waals surface area (Å²) in [5.74, 6) is 0. The van der Waals surface area contributed by atoms with E-state index >= 15 is 0 Å². The zero-order chi connectivity index (χ0) is 40.6. The summed E-state index contributed by atoms with van der Waals surface area (Å²) in [6.45, 7) is 21.1. The Morgan fingerprint density at radius 1 is 0.246 bits per heavy atom. The molecule has 3 nitrogen and oxygen atoms in total. The normalized spacial score (nSPS) is 25.3. The maximum atomic E-state index is 8.31. The molecule has 0 heterocycles. The van der Waals surface area contributed by atoms with Crippen LogP contribution in [0.25, 0.3) is 0 Å². The molecule has 0 aromatic rings. The molecule has 0 bridgehead atoms. The first-order chi connectivity index (χ1) is 27.2. The van der Waals surface area contributed by atoms with Crippen molar-refractivity contribution in [2.45, 2.75) is 302 Å². The van der Waals surface area contributed by atoms with Crippen molar-refractivity contribution < 1.29 is 12.3 Å². The molecule has 0 radical (unpaired) electrons. The van der Waals surface area contributed by atoms with Crippen molar-refractivity contribution in [1.29, 1.82) is 0 Å². The summed E-state index contributed by atoms with van der Waals surface area (Å²) in [6.07, 6.45) is 44.6. The van der Waals surface area contributed by atoms with Gasteiger partial charge in [0, 0.05) is 0 Å². The third-order valence-corrected chi connectivity index (χ3v) is 47.2. The number of hydrogen-bond acceptors (Lipinski definition) is 3. The highest BCUT2D eigenvalue weighted by Gasteiger charge is 2.58. The van der Waals surface area contributed by atoms with E-state index in [9.17, 15) is 0 Å². The summed E-state index contributed by atoms with van der Waals surface area (Å²) in [7, 11) is -11.3. The van der Waals surface area contributed by atoms with E-state index in [4.69, 9.17) is 12.3 Å². The summed E-state index contributed by atoms with van der Waals surface area (Å²) < 4.78 is 24.2. The molecule has 6 aliphatic rings. The zero-order valence-electron chi connectivity index (χ0n) is 39.7. The van der Waals surface area contributed by atoms with E-state index in [2.05, 4.69) is 52.4 Å². The van der Waals surface area contributed by atoms with Gasteiger partial charge in [0.2, 0.25) is 0 Å². The van der Waals surface area contributed by atoms with Gasteiger partial charge in [-0.25, -0.2) is 0 Å². The van der Waals surface area contributed by atoms with Gasteiger partial charge < -0.3 is 12.3 Å². The molecule has 332 valence electrons. The molecule has 6 aliphatic carbocycles. The molecule has 0 saturated heterocycles. The summed E-state index contributed by atoms with van der Waals surface area (Å²) in [5, 5.41) is 0. The molecule has 0 amide bonds. The van der Waals surface area contributed by atoms with E-state index in [1.165, 1.54) is 217 Å². The second-order valence-corrected chi connectivity index (χ2v) is 50.9. The minimum absolute atomic E-state index is 0.947. The second kappa shape index (κ2) is 21.2. The second-order valence-electron chi connectivity index (χ2n) is 24.1. The fraction of sp³-hybridized carbons (Fsp3) is 1.00. The van der Waals surface area contributed by atoms with E-state index in [-0.39, 0.29) is 0 Å². The first-order valence-electron chi connectivity index (χ1n) is 26.3. The first kappa shape index (κ1) is 47.7. The van der Waals surface area contributed by atoms with Crippen molar-refractivity contribution in [3.8, 4) is 0 Å². The minimum Gasteiger partial charge on any atom is -0.456 e. The predicted octanol–water partition coefficient (Wildman–Crippen LogP) is 17.8. The van der Waals surface area contributed by atoms with Gasteiger partial charge in [0.15, 0.2) is 49.9 Å². The highest BCUT2D eigenvalue weighted by atomic mass is 28.4. The lowest BCUT2D eigenvalue weighted by molar-refractivity contribution is 0.340. The monoisotopic (exact) mass is 891 g/mol. The van der Waals surface area contributed by atoms with Gasteiger partial charge in [-0.15, -0.1) is 0 Å². The molecule has 0 spiro atoms. The Balaban J connectivity index is 1.12. The fourth-order valence-electron chi connectivity index (χ4n) is 14.9. The van der Waals surface area contributed by atoms with Crippen LogP contribution in [0.1, 0.15) is 193 Å². The van der Waals surface area contributed by atoms with Gasteiger partial charge in [-0.05, 0) is 110 Å². The van der Waals surface area contributed by atoms with Crippen LogP contribution in [0.2, 0.25) is 110 Å². The molecule has 6 rings (SSSR count). The average Bonchev–Trinajstić information content (AvgIpc) is 3.22. The van der Waals surface area contributed by atoms with Crippen molar-refractivity contribution in [1.82, 2.24) is 0 Å². The zero-order valence-corrected chi connectivity index (χ0v) is 45.7. The molecule has 0 aromatic heterocycles. The Labute approximate surface area is 362 Å². The maximum Gasteiger partial charge on any atom is 0.189 e. The Morgan fingerprint density at radius 2 is 0.404 bits per heavy atom. The standard InChI is InChI=1S/C48H98O3Si6/c1-52(2,39-41-54(5,6)50-56(43-27-15-9-16-28-43,44-29-17-10-18-30-44)45-31-19-11-20-32-45)49-53(3,4)40-42-55(7,8)51-57(46-33-21-12-22-34-46,47-35-23-13-24-36-47)48-37-25-14-26-38-48/h43-48H,9-42H2,1-8H3. The van der Waals surface area contributed by atoms with Crippen LogP contribution < -0.4 is 0 Å². The largest absolute Gasteiger partial charge is 0.456 e. The van der Waals surface area contributed by atoms with Crippen LogP contribution in [-0.4, -0.2) is 49.9 Å². The molecule has 0 atom stereocenters. The SMILES string of the molecule is C[Si](C)(CC[Si](C)(C)O[Si](C1CCCCC1)(C1CCCCC1)C1CCCCC1)O[Si](C)(C)CC[Si](C)(C)O[Si](C1CCCCC1)(C1CCCCC1)C1CCCCC1. The minimum atomic E-state index is -1.92. The molecule has 0 aliphatic heterocycles. The predicted molar refractivity (Wildman–Crippen MR) is 265 cm³/mol. The Hall–Kier alpha value is 1.18. The van der Waals surface area contributed by atoms with Crippen LogP contribution in [-0.2, 0) is 12.3 Å². The third-order valence-electron chi connectivity index (χ3n) is 17.6. The van der Waals surface area contributed by atoms with Crippen LogP contribution in [0, 0.1) is 0 Å². The Bertz CT molecular complexity index is 991. The molecular formula is C48H98O3Si6. The molecule has 0 aromatic carbocycles. The Morgan fingerprint density at radius 3 is 0.579 bits per heavy atom. The molecule has 6 saturated carbocycles. The lowest BCUT2D eigenvalue weighted by Crippen LogP contribution is -2.59. The van der Waals surface area contributed by atoms with Crippen molar-refractivity contribution in [3.63, 3.8) is 0 Å². The van der Waals surface area contributed by atoms with Crippen molar-refractivity contribution >= 4 is 49.9 Å². The van der Waals surface area contributed by atoms with Crippen molar-refractivity contribution in [3.05, 3.63) is 0 Å². The van der Waals surface area contributed by atoms with Crippen LogP contribution in [0.3, 0.4) is 0 Å². The van der Waals surface area contributed by atoms with Crippen LogP contribution in [0.15, 0.2) is 0 Å². The van der Waals surface area contributed by atoms with E-state index in [1.807, 2.05) is 0 Å². The Kier molecular flexibility index (Phi) is 17.8. The van der Waals surface area contributed by atoms with Crippen molar-refractivity contribution in [2.24, 2.45) is 0 Å². The van der Waals surface area contributed by atoms with E-state index in [1.54, 1.807) is 0 Å². The van der Waals surface area contributed by atoms with Gasteiger partial charge >= 0.3 is 0 Å². The summed E-state index contributed by atoms with van der Waals surface area (Å²) in [6, 6.07) is 5.29. The van der Waals surface area contributed by atoms with Crippen molar-refractivity contribution in [2.75, 3.05) is 0 Å². The smallest absolute Gasteiger partial charge is 0.189 e. The molecular weight excluding hydrogens is 793 g/mol. The third kappa shape index (κ3) is 12.7. The number of rotatable bonds is 18.